The Kier molecular flexibility index (Phi) is 13.0. The highest BCUT2D eigenvalue weighted by Crippen LogP contribution is 2.44. The minimum Gasteiger partial charge on any atom is -0.455 e. The minimum absolute atomic E-state index is 0.0775. The quantitative estimate of drug-likeness (QED) is 0.0899. The fourth-order valence-corrected chi connectivity index (χ4v) is 8.88. The Morgan fingerprint density at radius 2 is 0.971 bits per heavy atom. The molecule has 2 aliphatic heterocycles. The van der Waals surface area contributed by atoms with E-state index in [0.29, 0.717) is 61.4 Å². The number of aryl methyl sites for hydroxylation is 2. The highest BCUT2D eigenvalue weighted by atomic mass is 35.5. The molecule has 1 saturated carbocycles. The molecule has 0 aromatic carbocycles. The van der Waals surface area contributed by atoms with Crippen LogP contribution in [0.15, 0.2) is 12.7 Å². The Hall–Kier alpha value is -6.78. The molecule has 0 radical (unpaired) electrons. The van der Waals surface area contributed by atoms with Gasteiger partial charge < -0.3 is 39.1 Å². The Labute approximate surface area is 394 Å². The number of hydrogen-bond acceptors (Lipinski definition) is 24. The van der Waals surface area contributed by atoms with Crippen molar-refractivity contribution in [3.05, 3.63) is 34.9 Å². The molecular formula is C38H44Cl2N18O10. The third-order valence-electron chi connectivity index (χ3n) is 11.3. The van der Waals surface area contributed by atoms with E-state index in [1.165, 1.54) is 59.1 Å². The first-order valence-electron chi connectivity index (χ1n) is 21.6. The molecule has 2 N–H and O–H groups in total. The Balaban J connectivity index is 0.921. The number of nitrogens with one attached hydrogen (secondary N) is 2. The number of rotatable bonds is 14. The van der Waals surface area contributed by atoms with Crippen LogP contribution >= 0.6 is 23.2 Å². The fraction of sp³-hybridized carbons (Fsp3) is 0.579. The lowest BCUT2D eigenvalue weighted by Gasteiger charge is -2.30. The number of carbonyl (C=O) groups is 4. The van der Waals surface area contributed by atoms with Gasteiger partial charge in [0.15, 0.2) is 83.0 Å². The molecule has 6 aromatic rings. The molecular weight excluding hydrogens is 939 g/mol. The molecule has 30 heteroatoms. The summed E-state index contributed by atoms with van der Waals surface area (Å²) in [5.74, 6) is -1.63. The molecule has 3 fully saturated rings. The molecule has 8 atom stereocenters. The smallest absolute Gasteiger partial charge is 0.303 e. The molecule has 0 bridgehead atoms. The lowest BCUT2D eigenvalue weighted by atomic mass is 9.91. The van der Waals surface area contributed by atoms with Gasteiger partial charge in [-0.15, -0.1) is 20.4 Å². The van der Waals surface area contributed by atoms with Crippen LogP contribution in [0.1, 0.15) is 104 Å². The van der Waals surface area contributed by atoms with Crippen molar-refractivity contribution in [3.8, 4) is 0 Å². The predicted octanol–water partition coefficient (Wildman–Crippen LogP) is 2.39. The summed E-state index contributed by atoms with van der Waals surface area (Å²) >= 11 is 13.1. The van der Waals surface area contributed by atoms with E-state index in [1.807, 2.05) is 13.8 Å². The van der Waals surface area contributed by atoms with Crippen LogP contribution in [0.3, 0.4) is 0 Å². The van der Waals surface area contributed by atoms with Crippen LogP contribution in [0.25, 0.3) is 22.3 Å². The second-order valence-corrected chi connectivity index (χ2v) is 16.7. The van der Waals surface area contributed by atoms with Gasteiger partial charge in [-0.1, -0.05) is 0 Å². The van der Waals surface area contributed by atoms with Crippen molar-refractivity contribution >= 4 is 81.0 Å². The molecule has 1 unspecified atom stereocenters. The largest absolute Gasteiger partial charge is 0.455 e. The normalized spacial score (nSPS) is 25.9. The van der Waals surface area contributed by atoms with Gasteiger partial charge in [0.1, 0.15) is 0 Å². The molecule has 9 rings (SSSR count). The van der Waals surface area contributed by atoms with Crippen LogP contribution in [0.4, 0.5) is 11.6 Å². The number of tetrazole rings is 2. The Morgan fingerprint density at radius 1 is 0.603 bits per heavy atom. The second kappa shape index (κ2) is 19.1. The molecule has 68 heavy (non-hydrogen) atoms. The summed E-state index contributed by atoms with van der Waals surface area (Å²) in [6, 6.07) is -0.155. The van der Waals surface area contributed by atoms with E-state index < -0.39 is 73.0 Å². The molecule has 28 nitrogen and oxygen atoms in total. The number of aromatic nitrogens is 16. The van der Waals surface area contributed by atoms with Crippen molar-refractivity contribution in [2.45, 2.75) is 141 Å². The number of carbonyl (C=O) groups excluding carboxylic acids is 4. The number of halogens is 2. The molecule has 3 aliphatic rings. The highest BCUT2D eigenvalue weighted by Gasteiger charge is 2.54. The zero-order chi connectivity index (χ0) is 48.0. The van der Waals surface area contributed by atoms with Crippen LogP contribution in [0.5, 0.6) is 0 Å². The molecule has 360 valence electrons. The maximum absolute atomic E-state index is 12.4. The molecule has 8 heterocycles. The van der Waals surface area contributed by atoms with Crippen LogP contribution in [-0.4, -0.2) is 140 Å². The number of anilines is 2. The SMILES string of the molecule is CCn1nnc([C@H]2OC(n3cnc4c(N[C@H]5CC[C@H](Nc6nc(Cl)nc7c6ncn7[C@@H]6O[C@H](c7nnn(CC)n7)[C@@H](OC(C)=O)[C@H]6OC(C)=O)CC5)nc(Cl)nc43)[C@H](OC(C)=O)[C@@H]2OC(C)=O)n1. The minimum atomic E-state index is -1.17. The first-order valence-corrected chi connectivity index (χ1v) is 22.3. The van der Waals surface area contributed by atoms with Crippen molar-refractivity contribution in [3.63, 3.8) is 0 Å². The highest BCUT2D eigenvalue weighted by molar-refractivity contribution is 6.29. The van der Waals surface area contributed by atoms with E-state index in [-0.39, 0.29) is 45.6 Å². The number of nitrogens with zero attached hydrogens (tertiary/aromatic N) is 16. The number of fused-ring (bicyclic) bond motifs is 2. The fourth-order valence-electron chi connectivity index (χ4n) is 8.55. The molecule has 2 saturated heterocycles. The summed E-state index contributed by atoms with van der Waals surface area (Å²) in [6.45, 7) is 9.41. The summed E-state index contributed by atoms with van der Waals surface area (Å²) in [6.07, 6.45) is -3.40. The van der Waals surface area contributed by atoms with Gasteiger partial charge in [-0.2, -0.15) is 29.5 Å². The number of imidazole rings is 2. The first kappa shape index (κ1) is 46.3. The summed E-state index contributed by atoms with van der Waals surface area (Å²) in [5, 5.41) is 31.7. The molecule has 6 aromatic heterocycles. The van der Waals surface area contributed by atoms with Crippen molar-refractivity contribution in [2.24, 2.45) is 0 Å². The monoisotopic (exact) mass is 982 g/mol. The van der Waals surface area contributed by atoms with E-state index in [1.54, 1.807) is 0 Å². The third kappa shape index (κ3) is 9.26. The van der Waals surface area contributed by atoms with Crippen LogP contribution in [-0.2, 0) is 60.7 Å². The molecule has 0 amide bonds. The predicted molar refractivity (Wildman–Crippen MR) is 229 cm³/mol. The molecule has 0 spiro atoms. The lowest BCUT2D eigenvalue weighted by molar-refractivity contribution is -0.165. The maximum Gasteiger partial charge on any atom is 0.303 e. The van der Waals surface area contributed by atoms with Crippen molar-refractivity contribution in [1.29, 1.82) is 0 Å². The van der Waals surface area contributed by atoms with Gasteiger partial charge in [-0.3, -0.25) is 28.3 Å². The van der Waals surface area contributed by atoms with Crippen LogP contribution in [0.2, 0.25) is 10.6 Å². The average molecular weight is 984 g/mol. The van der Waals surface area contributed by atoms with E-state index in [4.69, 9.17) is 51.6 Å². The van der Waals surface area contributed by atoms with Crippen LogP contribution < -0.4 is 10.6 Å². The van der Waals surface area contributed by atoms with Gasteiger partial charge in [-0.05, 0) is 73.2 Å². The zero-order valence-electron chi connectivity index (χ0n) is 37.2. The van der Waals surface area contributed by atoms with Gasteiger partial charge in [0.05, 0.1) is 25.7 Å². The van der Waals surface area contributed by atoms with Gasteiger partial charge in [0, 0.05) is 39.8 Å². The van der Waals surface area contributed by atoms with E-state index in [0.717, 1.165) is 0 Å². The second-order valence-electron chi connectivity index (χ2n) is 16.0. The molecule has 1 aliphatic carbocycles. The first-order chi connectivity index (χ1) is 32.7. The number of esters is 4. The summed E-state index contributed by atoms with van der Waals surface area (Å²) in [5.41, 5.74) is 1.21. The topological polar surface area (TPSA) is 322 Å². The lowest BCUT2D eigenvalue weighted by Crippen LogP contribution is -2.37. The number of hydrogen-bond donors (Lipinski definition) is 2. The van der Waals surface area contributed by atoms with Crippen molar-refractivity contribution < 1.29 is 47.6 Å². The average Bonchev–Trinajstić information content (AvgIpc) is 4.15. The summed E-state index contributed by atoms with van der Waals surface area (Å²) < 4.78 is 38.5. The van der Waals surface area contributed by atoms with E-state index in [9.17, 15) is 19.2 Å². The van der Waals surface area contributed by atoms with E-state index in [2.05, 4.69) is 71.4 Å². The van der Waals surface area contributed by atoms with Gasteiger partial charge in [0.25, 0.3) is 0 Å². The van der Waals surface area contributed by atoms with E-state index >= 15 is 0 Å². The summed E-state index contributed by atoms with van der Waals surface area (Å²) in [7, 11) is 0. The standard InChI is InChI=1S/C38H44Cl2N18O10/c1-7-57-51-31(49-53-57)25-23(63-15(3)59)27(65-17(5)61)35(67-25)55-13-41-21-29(45-37(39)47-33(21)55)43-19-9-11-20(12-10-19)44-30-22-34(48-38(40)46-30)56(14-42-22)36-28(66-18(6)62)24(64-16(4)60)26(68-36)32-50-54-58(8-2)52-32/h13-14,19-20,23-28,35-36H,7-12H2,1-6H3,(H,43,45,47)(H,44,46,48)/t19-,20-,23-,24-,25+,26+,27-,28-,35-,36?/m1/s1. The van der Waals surface area contributed by atoms with Crippen molar-refractivity contribution in [2.75, 3.05) is 10.6 Å². The van der Waals surface area contributed by atoms with Gasteiger partial charge in [0.2, 0.25) is 22.2 Å². The number of ether oxygens (including phenoxy) is 6. The summed E-state index contributed by atoms with van der Waals surface area (Å²) in [4.78, 5) is 79.2. The Morgan fingerprint density at radius 3 is 1.31 bits per heavy atom. The van der Waals surface area contributed by atoms with Gasteiger partial charge >= 0.3 is 23.9 Å². The van der Waals surface area contributed by atoms with Crippen molar-refractivity contribution in [1.82, 2.24) is 79.5 Å². The maximum atomic E-state index is 12.4. The third-order valence-corrected chi connectivity index (χ3v) is 11.7. The van der Waals surface area contributed by atoms with Gasteiger partial charge in [-0.25, -0.2) is 9.97 Å². The zero-order valence-corrected chi connectivity index (χ0v) is 38.7. The van der Waals surface area contributed by atoms with Crippen LogP contribution in [0, 0.1) is 0 Å². The Bertz CT molecular complexity index is 2670.